The molecule has 1 aromatic carbocycles. The lowest BCUT2D eigenvalue weighted by atomic mass is 10.2. The minimum Gasteiger partial charge on any atom is -0.335 e. The van der Waals surface area contributed by atoms with Crippen LogP contribution in [0.4, 0.5) is 18.9 Å². The first kappa shape index (κ1) is 17.6. The van der Waals surface area contributed by atoms with Gasteiger partial charge in [0.1, 0.15) is 0 Å². The molecule has 3 N–H and O–H groups in total. The van der Waals surface area contributed by atoms with Crippen LogP contribution in [0.5, 0.6) is 0 Å². The minimum atomic E-state index is -4.73. The summed E-state index contributed by atoms with van der Waals surface area (Å²) in [7, 11) is 0. The third-order valence-corrected chi connectivity index (χ3v) is 3.91. The van der Waals surface area contributed by atoms with E-state index in [-0.39, 0.29) is 5.16 Å². The van der Waals surface area contributed by atoms with Gasteiger partial charge >= 0.3 is 6.18 Å². The number of amides is 1. The van der Waals surface area contributed by atoms with Crippen molar-refractivity contribution in [3.63, 3.8) is 0 Å². The molecule has 1 heterocycles. The zero-order valence-electron chi connectivity index (χ0n) is 12.2. The molecule has 2 aromatic rings. The number of aromatic nitrogens is 3. The van der Waals surface area contributed by atoms with Crippen molar-refractivity contribution in [3.05, 3.63) is 35.7 Å². The van der Waals surface area contributed by atoms with Gasteiger partial charge in [0.25, 0.3) is 5.82 Å². The van der Waals surface area contributed by atoms with Crippen LogP contribution in [0.1, 0.15) is 18.3 Å². The van der Waals surface area contributed by atoms with E-state index < -0.39 is 23.2 Å². The standard InChI is InChI=1S/C13H11F3N6OS/c1-7(10(23)19-9-4-2-8(6-17)3-5-9)24-12-21-20-11(22(12)18)13(14,15)16/h2-5,7H,18H2,1H3,(H,19,23)/t7-/m0/s1. The fourth-order valence-corrected chi connectivity index (χ4v) is 2.40. The number of hydrogen-bond donors (Lipinski definition) is 2. The summed E-state index contributed by atoms with van der Waals surface area (Å²) in [5.41, 5.74) is 0.892. The molecule has 126 valence electrons. The first-order chi connectivity index (χ1) is 11.2. The summed E-state index contributed by atoms with van der Waals surface area (Å²) in [6.45, 7) is 1.49. The Hall–Kier alpha value is -2.74. The van der Waals surface area contributed by atoms with Crippen molar-refractivity contribution in [2.24, 2.45) is 0 Å². The molecule has 2 rings (SSSR count). The maximum atomic E-state index is 12.6. The van der Waals surface area contributed by atoms with E-state index in [4.69, 9.17) is 11.1 Å². The van der Waals surface area contributed by atoms with Gasteiger partial charge in [0, 0.05) is 5.69 Å². The average Bonchev–Trinajstić information content (AvgIpc) is 2.89. The number of nitrogen functional groups attached to an aromatic ring is 1. The third kappa shape index (κ3) is 3.96. The lowest BCUT2D eigenvalue weighted by Gasteiger charge is -2.12. The summed E-state index contributed by atoms with van der Waals surface area (Å²) in [5, 5.41) is 16.6. The summed E-state index contributed by atoms with van der Waals surface area (Å²) < 4.78 is 38.1. The monoisotopic (exact) mass is 356 g/mol. The molecule has 1 amide bonds. The number of alkyl halides is 3. The number of nitrogens with one attached hydrogen (secondary N) is 1. The predicted molar refractivity (Wildman–Crippen MR) is 80.3 cm³/mol. The highest BCUT2D eigenvalue weighted by atomic mass is 32.2. The zero-order chi connectivity index (χ0) is 17.9. The predicted octanol–water partition coefficient (Wildman–Crippen LogP) is 2.00. The van der Waals surface area contributed by atoms with Crippen LogP contribution in [0.15, 0.2) is 29.4 Å². The molecule has 1 atom stereocenters. The fourth-order valence-electron chi connectivity index (χ4n) is 1.63. The molecule has 0 aliphatic carbocycles. The van der Waals surface area contributed by atoms with Gasteiger partial charge in [-0.1, -0.05) is 11.8 Å². The van der Waals surface area contributed by atoms with Gasteiger partial charge in [0.05, 0.1) is 16.9 Å². The zero-order valence-corrected chi connectivity index (χ0v) is 13.0. The number of nitrogens with two attached hydrogens (primary N) is 1. The SMILES string of the molecule is C[C@H](Sc1nnc(C(F)(F)F)n1N)C(=O)Nc1ccc(C#N)cc1. The Morgan fingerprint density at radius 3 is 2.50 bits per heavy atom. The molecule has 1 aromatic heterocycles. The van der Waals surface area contributed by atoms with Gasteiger partial charge in [-0.3, -0.25) is 4.79 Å². The van der Waals surface area contributed by atoms with Crippen LogP contribution in [-0.4, -0.2) is 26.0 Å². The molecule has 11 heteroatoms. The first-order valence-electron chi connectivity index (χ1n) is 6.47. The van der Waals surface area contributed by atoms with E-state index in [2.05, 4.69) is 15.5 Å². The molecule has 7 nitrogen and oxygen atoms in total. The number of carbonyl (C=O) groups excluding carboxylic acids is 1. The highest BCUT2D eigenvalue weighted by Crippen LogP contribution is 2.30. The number of carbonyl (C=O) groups is 1. The molecular weight excluding hydrogens is 345 g/mol. The van der Waals surface area contributed by atoms with Gasteiger partial charge in [0.15, 0.2) is 0 Å². The van der Waals surface area contributed by atoms with Crippen molar-refractivity contribution in [3.8, 4) is 6.07 Å². The number of halogens is 3. The molecule has 0 bridgehead atoms. The van der Waals surface area contributed by atoms with Crippen LogP contribution in [0.3, 0.4) is 0 Å². The number of nitriles is 1. The molecule has 0 saturated heterocycles. The molecule has 0 unspecified atom stereocenters. The molecule has 0 spiro atoms. The third-order valence-electron chi connectivity index (χ3n) is 2.85. The summed E-state index contributed by atoms with van der Waals surface area (Å²) in [6, 6.07) is 8.08. The van der Waals surface area contributed by atoms with Gasteiger partial charge in [-0.05, 0) is 31.2 Å². The van der Waals surface area contributed by atoms with Gasteiger partial charge < -0.3 is 11.2 Å². The van der Waals surface area contributed by atoms with Crippen molar-refractivity contribution in [1.82, 2.24) is 14.9 Å². The molecule has 0 aliphatic heterocycles. The minimum absolute atomic E-state index is 0.232. The van der Waals surface area contributed by atoms with E-state index in [1.165, 1.54) is 19.1 Å². The normalized spacial score (nSPS) is 12.5. The van der Waals surface area contributed by atoms with E-state index >= 15 is 0 Å². The number of thioether (sulfide) groups is 1. The van der Waals surface area contributed by atoms with E-state index in [9.17, 15) is 18.0 Å². The maximum Gasteiger partial charge on any atom is 0.453 e. The van der Waals surface area contributed by atoms with E-state index in [1.54, 1.807) is 12.1 Å². The summed E-state index contributed by atoms with van der Waals surface area (Å²) >= 11 is 0.742. The lowest BCUT2D eigenvalue weighted by molar-refractivity contribution is -0.146. The van der Waals surface area contributed by atoms with Crippen LogP contribution in [0.25, 0.3) is 0 Å². The second-order valence-electron chi connectivity index (χ2n) is 4.61. The van der Waals surface area contributed by atoms with Crippen molar-refractivity contribution in [1.29, 1.82) is 5.26 Å². The second kappa shape index (κ2) is 6.79. The van der Waals surface area contributed by atoms with Crippen LogP contribution < -0.4 is 11.2 Å². The molecule has 24 heavy (non-hydrogen) atoms. The van der Waals surface area contributed by atoms with Gasteiger partial charge in [0.2, 0.25) is 11.1 Å². The molecule has 0 radical (unpaired) electrons. The van der Waals surface area contributed by atoms with Crippen LogP contribution >= 0.6 is 11.8 Å². The van der Waals surface area contributed by atoms with Gasteiger partial charge in [-0.25, -0.2) is 4.68 Å². The van der Waals surface area contributed by atoms with Crippen molar-refractivity contribution in [2.75, 3.05) is 11.2 Å². The molecular formula is C13H11F3N6OS. The topological polar surface area (TPSA) is 110 Å². The fraction of sp³-hybridized carbons (Fsp3) is 0.231. The van der Waals surface area contributed by atoms with Crippen molar-refractivity contribution >= 4 is 23.4 Å². The smallest absolute Gasteiger partial charge is 0.335 e. The van der Waals surface area contributed by atoms with Crippen molar-refractivity contribution < 1.29 is 18.0 Å². The van der Waals surface area contributed by atoms with Crippen LogP contribution in [0, 0.1) is 11.3 Å². The van der Waals surface area contributed by atoms with Crippen LogP contribution in [0.2, 0.25) is 0 Å². The average molecular weight is 356 g/mol. The first-order valence-corrected chi connectivity index (χ1v) is 7.35. The number of anilines is 1. The lowest BCUT2D eigenvalue weighted by Crippen LogP contribution is -2.25. The highest BCUT2D eigenvalue weighted by Gasteiger charge is 2.38. The second-order valence-corrected chi connectivity index (χ2v) is 5.92. The Labute approximate surface area is 138 Å². The van der Waals surface area contributed by atoms with Crippen molar-refractivity contribution in [2.45, 2.75) is 23.5 Å². The molecule has 0 saturated carbocycles. The molecule has 0 fully saturated rings. The van der Waals surface area contributed by atoms with Gasteiger partial charge in [-0.15, -0.1) is 10.2 Å². The summed E-state index contributed by atoms with van der Waals surface area (Å²) in [6.07, 6.45) is -4.73. The quantitative estimate of drug-likeness (QED) is 0.640. The van der Waals surface area contributed by atoms with E-state index in [1.807, 2.05) is 6.07 Å². The Balaban J connectivity index is 2.04. The number of benzene rings is 1. The summed E-state index contributed by atoms with van der Waals surface area (Å²) in [4.78, 5) is 12.1. The van der Waals surface area contributed by atoms with E-state index in [0.717, 1.165) is 11.8 Å². The number of nitrogens with zero attached hydrogens (tertiary/aromatic N) is 4. The largest absolute Gasteiger partial charge is 0.453 e. The van der Waals surface area contributed by atoms with Crippen LogP contribution in [-0.2, 0) is 11.0 Å². The Morgan fingerprint density at radius 1 is 1.38 bits per heavy atom. The van der Waals surface area contributed by atoms with Gasteiger partial charge in [-0.2, -0.15) is 18.4 Å². The Morgan fingerprint density at radius 2 is 2.00 bits per heavy atom. The Kier molecular flexibility index (Phi) is 4.99. The highest BCUT2D eigenvalue weighted by molar-refractivity contribution is 8.00. The summed E-state index contributed by atoms with van der Waals surface area (Å²) in [5.74, 6) is 3.51. The maximum absolute atomic E-state index is 12.6. The Bertz CT molecular complexity index is 780. The number of hydrogen-bond acceptors (Lipinski definition) is 6. The molecule has 0 aliphatic rings. The number of rotatable bonds is 4. The van der Waals surface area contributed by atoms with E-state index in [0.29, 0.717) is 15.9 Å².